The van der Waals surface area contributed by atoms with Crippen LogP contribution in [0.2, 0.25) is 0 Å². The molecular formula is C10H17N7O6P2. The zero-order valence-electron chi connectivity index (χ0n) is 12.7. The second-order valence-electron chi connectivity index (χ2n) is 5.11. The first kappa shape index (κ1) is 18.7. The Morgan fingerprint density at radius 3 is 2.68 bits per heavy atom. The van der Waals surface area contributed by atoms with Crippen molar-refractivity contribution >= 4 is 34.0 Å². The Balaban J connectivity index is 1.89. The molecule has 15 heteroatoms. The van der Waals surface area contributed by atoms with E-state index in [1.165, 1.54) is 17.2 Å². The van der Waals surface area contributed by atoms with Crippen molar-refractivity contribution in [2.24, 2.45) is 11.0 Å². The summed E-state index contributed by atoms with van der Waals surface area (Å²) in [5, 5.41) is 10.6. The molecule has 0 aliphatic carbocycles. The van der Waals surface area contributed by atoms with Crippen LogP contribution in [0.5, 0.6) is 0 Å². The summed E-state index contributed by atoms with van der Waals surface area (Å²) in [5.74, 6) is 0.179. The number of imidazole rings is 1. The summed E-state index contributed by atoms with van der Waals surface area (Å²) in [6.45, 7) is -0.177. The Hall–Kier alpha value is -1.11. The summed E-state index contributed by atoms with van der Waals surface area (Å²) in [7, 11) is -4.39. The third kappa shape index (κ3) is 3.86. The molecular weight excluding hydrogens is 376 g/mol. The Morgan fingerprint density at radius 1 is 1.24 bits per heavy atom. The van der Waals surface area contributed by atoms with Crippen molar-refractivity contribution in [1.82, 2.24) is 19.5 Å². The number of anilines is 1. The van der Waals surface area contributed by atoms with Gasteiger partial charge in [0.05, 0.1) is 12.9 Å². The van der Waals surface area contributed by atoms with Gasteiger partial charge in [0.1, 0.15) is 30.2 Å². The SMILES string of the molecule is Nc1ncnc2c1ncn2[C@@H]1O[C@H](COP(N)O)[C@@H](OP(N)O)[C@H]1O. The summed E-state index contributed by atoms with van der Waals surface area (Å²) in [5.41, 5.74) is 16.9. The summed E-state index contributed by atoms with van der Waals surface area (Å²) in [4.78, 5) is 30.5. The van der Waals surface area contributed by atoms with E-state index in [0.717, 1.165) is 0 Å². The van der Waals surface area contributed by atoms with Gasteiger partial charge in [0, 0.05) is 0 Å². The van der Waals surface area contributed by atoms with Gasteiger partial charge in [0.25, 0.3) is 8.53 Å². The number of ether oxygens (including phenoxy) is 1. The highest BCUT2D eigenvalue weighted by molar-refractivity contribution is 7.43. The van der Waals surface area contributed by atoms with Gasteiger partial charge < -0.3 is 34.4 Å². The van der Waals surface area contributed by atoms with E-state index in [1.807, 2.05) is 0 Å². The number of nitrogen functional groups attached to an aromatic ring is 1. The van der Waals surface area contributed by atoms with Crippen LogP contribution in [0.15, 0.2) is 12.7 Å². The van der Waals surface area contributed by atoms with Gasteiger partial charge in [-0.15, -0.1) is 0 Å². The van der Waals surface area contributed by atoms with Crippen molar-refractivity contribution in [3.8, 4) is 0 Å². The topological polar surface area (TPSA) is 210 Å². The molecule has 3 heterocycles. The lowest BCUT2D eigenvalue weighted by atomic mass is 10.1. The van der Waals surface area contributed by atoms with Crippen molar-refractivity contribution in [2.75, 3.05) is 12.3 Å². The second-order valence-corrected chi connectivity index (χ2v) is 6.79. The highest BCUT2D eigenvalue weighted by Crippen LogP contribution is 2.39. The summed E-state index contributed by atoms with van der Waals surface area (Å²) >= 11 is 0. The standard InChI is InChI=1S/C10H17N7O6P2/c11-8-5-9(15-2-14-8)17(3-16-5)10-6(18)7(23-25(13)20)4(22-10)1-21-24(12)19/h2-4,6-7,10,18-20H,1,12-13H2,(H2,11,14,15)/t4-,6-,7-,10-,24?,25?/m1/s1. The van der Waals surface area contributed by atoms with Crippen LogP contribution in [-0.4, -0.2) is 59.3 Å². The zero-order valence-corrected chi connectivity index (χ0v) is 14.4. The first-order valence-corrected chi connectivity index (χ1v) is 9.48. The number of aliphatic hydroxyl groups excluding tert-OH is 1. The first-order chi connectivity index (χ1) is 11.9. The third-order valence-corrected chi connectivity index (χ3v) is 4.44. The normalized spacial score (nSPS) is 29.2. The molecule has 1 saturated heterocycles. The predicted octanol–water partition coefficient (Wildman–Crippen LogP) is -1.58. The fourth-order valence-electron chi connectivity index (χ4n) is 2.54. The van der Waals surface area contributed by atoms with E-state index >= 15 is 0 Å². The maximum Gasteiger partial charge on any atom is 0.250 e. The van der Waals surface area contributed by atoms with Crippen LogP contribution in [0, 0.1) is 0 Å². The molecule has 0 aromatic carbocycles. The molecule has 0 radical (unpaired) electrons. The quantitative estimate of drug-likeness (QED) is 0.307. The third-order valence-electron chi connectivity index (χ3n) is 3.57. The molecule has 2 unspecified atom stereocenters. The van der Waals surface area contributed by atoms with Crippen molar-refractivity contribution in [1.29, 1.82) is 0 Å². The molecule has 9 N–H and O–H groups in total. The van der Waals surface area contributed by atoms with E-state index in [0.29, 0.717) is 11.2 Å². The number of rotatable bonds is 6. The fraction of sp³-hybridized carbons (Fsp3) is 0.500. The van der Waals surface area contributed by atoms with Crippen LogP contribution < -0.4 is 16.7 Å². The predicted molar refractivity (Wildman–Crippen MR) is 87.1 cm³/mol. The average molecular weight is 393 g/mol. The number of hydrogen-bond acceptors (Lipinski definition) is 12. The largest absolute Gasteiger partial charge is 0.386 e. The van der Waals surface area contributed by atoms with Gasteiger partial charge in [0.2, 0.25) is 8.53 Å². The summed E-state index contributed by atoms with van der Waals surface area (Å²) in [6.07, 6.45) is -1.42. The van der Waals surface area contributed by atoms with Crippen LogP contribution in [0.25, 0.3) is 11.2 Å². The minimum Gasteiger partial charge on any atom is -0.386 e. The second kappa shape index (κ2) is 7.64. The van der Waals surface area contributed by atoms with Crippen LogP contribution in [0.4, 0.5) is 5.82 Å². The molecule has 3 rings (SSSR count). The summed E-state index contributed by atoms with van der Waals surface area (Å²) < 4.78 is 17.3. The molecule has 1 aliphatic rings. The lowest BCUT2D eigenvalue weighted by Crippen LogP contribution is -2.36. The van der Waals surface area contributed by atoms with Gasteiger partial charge in [-0.3, -0.25) is 15.6 Å². The molecule has 25 heavy (non-hydrogen) atoms. The Kier molecular flexibility index (Phi) is 5.71. The fourth-order valence-corrected chi connectivity index (χ4v) is 3.35. The van der Waals surface area contributed by atoms with E-state index in [-0.39, 0.29) is 12.4 Å². The number of fused-ring (bicyclic) bond motifs is 1. The lowest BCUT2D eigenvalue weighted by Gasteiger charge is -2.21. The number of aromatic nitrogens is 4. The average Bonchev–Trinajstić information content (AvgIpc) is 3.09. The van der Waals surface area contributed by atoms with Crippen molar-refractivity contribution < 1.29 is 28.7 Å². The van der Waals surface area contributed by atoms with Crippen molar-refractivity contribution in [2.45, 2.75) is 24.5 Å². The van der Waals surface area contributed by atoms with Gasteiger partial charge in [-0.05, 0) is 0 Å². The summed E-state index contributed by atoms with van der Waals surface area (Å²) in [6, 6.07) is 0. The van der Waals surface area contributed by atoms with E-state index in [4.69, 9.17) is 35.4 Å². The maximum atomic E-state index is 10.6. The van der Waals surface area contributed by atoms with Crippen LogP contribution in [-0.2, 0) is 13.8 Å². The molecule has 0 saturated carbocycles. The minimum atomic E-state index is -2.26. The number of aliphatic hydroxyl groups is 1. The van der Waals surface area contributed by atoms with Gasteiger partial charge >= 0.3 is 0 Å². The van der Waals surface area contributed by atoms with Crippen LogP contribution in [0.3, 0.4) is 0 Å². The molecule has 1 fully saturated rings. The molecule has 138 valence electrons. The molecule has 2 aromatic heterocycles. The minimum absolute atomic E-state index is 0.177. The smallest absolute Gasteiger partial charge is 0.250 e. The number of nitrogens with zero attached hydrogens (tertiary/aromatic N) is 4. The van der Waals surface area contributed by atoms with Gasteiger partial charge in [-0.1, -0.05) is 0 Å². The monoisotopic (exact) mass is 393 g/mol. The number of nitrogens with two attached hydrogens (primary N) is 3. The Bertz CT molecular complexity index is 733. The molecule has 0 amide bonds. The molecule has 0 spiro atoms. The molecule has 13 nitrogen and oxygen atoms in total. The van der Waals surface area contributed by atoms with E-state index in [9.17, 15) is 10.00 Å². The van der Waals surface area contributed by atoms with Gasteiger partial charge in [-0.25, -0.2) is 15.0 Å². The van der Waals surface area contributed by atoms with E-state index in [1.54, 1.807) is 0 Å². The van der Waals surface area contributed by atoms with Gasteiger partial charge in [-0.2, -0.15) is 0 Å². The maximum absolute atomic E-state index is 10.6. The van der Waals surface area contributed by atoms with Crippen LogP contribution in [0.1, 0.15) is 6.23 Å². The molecule has 0 bridgehead atoms. The van der Waals surface area contributed by atoms with Crippen molar-refractivity contribution in [3.63, 3.8) is 0 Å². The van der Waals surface area contributed by atoms with Gasteiger partial charge in [0.15, 0.2) is 17.7 Å². The zero-order chi connectivity index (χ0) is 18.1. The number of hydrogen-bond donors (Lipinski definition) is 6. The highest BCUT2D eigenvalue weighted by Gasteiger charge is 2.47. The molecule has 2 aromatic rings. The lowest BCUT2D eigenvalue weighted by molar-refractivity contribution is -0.0467. The van der Waals surface area contributed by atoms with E-state index < -0.39 is 41.6 Å². The molecule has 6 atom stereocenters. The Labute approximate surface area is 143 Å². The highest BCUT2D eigenvalue weighted by atomic mass is 31.2. The molecule has 1 aliphatic heterocycles. The first-order valence-electron chi connectivity index (χ1n) is 6.92. The van der Waals surface area contributed by atoms with Crippen LogP contribution >= 0.6 is 17.1 Å². The Morgan fingerprint density at radius 2 is 2.00 bits per heavy atom. The van der Waals surface area contributed by atoms with E-state index in [2.05, 4.69) is 15.0 Å². The van der Waals surface area contributed by atoms with Crippen molar-refractivity contribution in [3.05, 3.63) is 12.7 Å².